The number of hydrogen-bond donors (Lipinski definition) is 8. The maximum atomic E-state index is 13.0. The fourth-order valence-corrected chi connectivity index (χ4v) is 3.76. The molecule has 9 N–H and O–H groups in total. The predicted octanol–water partition coefficient (Wildman–Crippen LogP) is -0.120. The lowest BCUT2D eigenvalue weighted by atomic mass is 10.0. The molecule has 0 saturated heterocycles. The molecule has 3 amide bonds. The van der Waals surface area contributed by atoms with Crippen LogP contribution in [0.1, 0.15) is 31.4 Å². The molecule has 0 aromatic heterocycles. The van der Waals surface area contributed by atoms with Crippen molar-refractivity contribution < 1.29 is 44.4 Å². The summed E-state index contributed by atoms with van der Waals surface area (Å²) in [5.41, 5.74) is 7.08. The van der Waals surface area contributed by atoms with E-state index in [0.717, 1.165) is 0 Å². The van der Waals surface area contributed by atoms with E-state index in [0.29, 0.717) is 11.1 Å². The van der Waals surface area contributed by atoms with Crippen LogP contribution in [0.5, 0.6) is 11.5 Å². The zero-order valence-corrected chi connectivity index (χ0v) is 22.0. The van der Waals surface area contributed by atoms with Crippen molar-refractivity contribution in [3.63, 3.8) is 0 Å². The van der Waals surface area contributed by atoms with E-state index in [1.165, 1.54) is 36.4 Å². The minimum atomic E-state index is -1.57. The Bertz CT molecular complexity index is 1200. The zero-order valence-electron chi connectivity index (χ0n) is 22.0. The molecule has 2 aromatic carbocycles. The van der Waals surface area contributed by atoms with Crippen molar-refractivity contribution in [2.45, 2.75) is 57.3 Å². The van der Waals surface area contributed by atoms with Crippen LogP contribution < -0.4 is 21.7 Å². The van der Waals surface area contributed by atoms with Crippen LogP contribution in [0.25, 0.3) is 0 Å². The monoisotopic (exact) mass is 558 g/mol. The lowest BCUT2D eigenvalue weighted by molar-refractivity contribution is -0.143. The summed E-state index contributed by atoms with van der Waals surface area (Å²) >= 11 is 0. The second-order valence-electron chi connectivity index (χ2n) is 9.64. The second kappa shape index (κ2) is 14.5. The standard InChI is InChI=1S/C27H34N4O9/c1-14(2)23(26(38)30-21(27(39)40)12-16-5-9-18(33)10-6-16)31-25(37)20(13-22(34)35)29-24(36)19(28)11-15-3-7-17(32)8-4-15/h3-10,14,19-21,23,32-33H,11-13,28H2,1-2H3,(H,29,36)(H,30,38)(H,31,37)(H,34,35)(H,39,40). The van der Waals surface area contributed by atoms with Crippen molar-refractivity contribution >= 4 is 29.7 Å². The molecule has 4 unspecified atom stereocenters. The average molecular weight is 559 g/mol. The van der Waals surface area contributed by atoms with Crippen LogP contribution in [0, 0.1) is 5.92 Å². The first kappa shape index (κ1) is 31.6. The Morgan fingerprint density at radius 3 is 1.62 bits per heavy atom. The van der Waals surface area contributed by atoms with Crippen LogP contribution >= 0.6 is 0 Å². The first-order valence-corrected chi connectivity index (χ1v) is 12.4. The van der Waals surface area contributed by atoms with E-state index in [-0.39, 0.29) is 24.3 Å². The maximum absolute atomic E-state index is 13.0. The summed E-state index contributed by atoms with van der Waals surface area (Å²) in [5, 5.41) is 44.8. The van der Waals surface area contributed by atoms with Crippen LogP contribution in [0.15, 0.2) is 48.5 Å². The Morgan fingerprint density at radius 2 is 1.18 bits per heavy atom. The molecule has 13 heteroatoms. The molecule has 2 aromatic rings. The summed E-state index contributed by atoms with van der Waals surface area (Å²) in [6.07, 6.45) is -0.854. The van der Waals surface area contributed by atoms with E-state index in [1.807, 2.05) is 0 Å². The van der Waals surface area contributed by atoms with Gasteiger partial charge >= 0.3 is 11.9 Å². The molecule has 13 nitrogen and oxygen atoms in total. The summed E-state index contributed by atoms with van der Waals surface area (Å²) in [6, 6.07) is 6.37. The fraction of sp³-hybridized carbons (Fsp3) is 0.370. The molecule has 2 rings (SSSR count). The Hall–Kier alpha value is -4.65. The smallest absolute Gasteiger partial charge is 0.326 e. The molecule has 40 heavy (non-hydrogen) atoms. The summed E-state index contributed by atoms with van der Waals surface area (Å²) in [5.74, 6) is -5.83. The number of carboxylic acids is 2. The molecular formula is C27H34N4O9. The molecule has 0 spiro atoms. The van der Waals surface area contributed by atoms with E-state index >= 15 is 0 Å². The quantitative estimate of drug-likeness (QED) is 0.153. The third kappa shape index (κ3) is 9.91. The Balaban J connectivity index is 2.10. The minimum absolute atomic E-state index is 0.00781. The number of amides is 3. The third-order valence-electron chi connectivity index (χ3n) is 5.98. The SMILES string of the molecule is CC(C)C(NC(=O)C(CC(=O)O)NC(=O)C(N)Cc1ccc(O)cc1)C(=O)NC(Cc1ccc(O)cc1)C(=O)O. The fourth-order valence-electron chi connectivity index (χ4n) is 3.76. The number of carbonyl (C=O) groups excluding carboxylic acids is 3. The summed E-state index contributed by atoms with van der Waals surface area (Å²) in [4.78, 5) is 61.9. The van der Waals surface area contributed by atoms with Gasteiger partial charge in [-0.3, -0.25) is 19.2 Å². The normalized spacial score (nSPS) is 13.9. The molecule has 0 aliphatic heterocycles. The lowest BCUT2D eigenvalue weighted by Gasteiger charge is -2.26. The van der Waals surface area contributed by atoms with Crippen LogP contribution in [0.4, 0.5) is 0 Å². The predicted molar refractivity (Wildman–Crippen MR) is 142 cm³/mol. The number of hydrogen-bond acceptors (Lipinski definition) is 8. The Labute approximate surface area is 230 Å². The number of carbonyl (C=O) groups is 5. The highest BCUT2D eigenvalue weighted by molar-refractivity contribution is 5.95. The molecule has 0 aliphatic rings. The first-order chi connectivity index (χ1) is 18.8. The van der Waals surface area contributed by atoms with Crippen molar-refractivity contribution in [3.05, 3.63) is 59.7 Å². The molecule has 0 aliphatic carbocycles. The van der Waals surface area contributed by atoms with Crippen LogP contribution in [-0.2, 0) is 36.8 Å². The number of phenols is 2. The van der Waals surface area contributed by atoms with Gasteiger partial charge in [0.05, 0.1) is 12.5 Å². The van der Waals surface area contributed by atoms with Crippen LogP contribution in [-0.4, -0.2) is 74.3 Å². The summed E-state index contributed by atoms with van der Waals surface area (Å²) in [6.45, 7) is 3.19. The molecule has 4 atom stereocenters. The van der Waals surface area contributed by atoms with Gasteiger partial charge in [-0.05, 0) is 47.7 Å². The molecule has 216 valence electrons. The number of phenolic OH excluding ortho intramolecular Hbond substituents is 2. The molecule has 0 fully saturated rings. The van der Waals surface area contributed by atoms with Gasteiger partial charge in [-0.2, -0.15) is 0 Å². The number of nitrogens with two attached hydrogens (primary N) is 1. The van der Waals surface area contributed by atoms with Gasteiger partial charge < -0.3 is 42.1 Å². The lowest BCUT2D eigenvalue weighted by Crippen LogP contribution is -2.59. The van der Waals surface area contributed by atoms with E-state index < -0.39 is 66.2 Å². The van der Waals surface area contributed by atoms with Crippen LogP contribution in [0.2, 0.25) is 0 Å². The Morgan fingerprint density at radius 1 is 0.700 bits per heavy atom. The van der Waals surface area contributed by atoms with Gasteiger partial charge in [0.25, 0.3) is 0 Å². The Kier molecular flexibility index (Phi) is 11.4. The van der Waals surface area contributed by atoms with Gasteiger partial charge in [-0.1, -0.05) is 38.1 Å². The molecular weight excluding hydrogens is 524 g/mol. The van der Waals surface area contributed by atoms with E-state index in [2.05, 4.69) is 16.0 Å². The van der Waals surface area contributed by atoms with Gasteiger partial charge in [0, 0.05) is 6.42 Å². The number of rotatable bonds is 14. The highest BCUT2D eigenvalue weighted by Crippen LogP contribution is 2.13. The van der Waals surface area contributed by atoms with Gasteiger partial charge in [0.2, 0.25) is 17.7 Å². The van der Waals surface area contributed by atoms with Gasteiger partial charge in [0.1, 0.15) is 29.6 Å². The van der Waals surface area contributed by atoms with Crippen molar-refractivity contribution in [2.75, 3.05) is 0 Å². The van der Waals surface area contributed by atoms with Gasteiger partial charge in [-0.25, -0.2) is 4.79 Å². The number of aromatic hydroxyl groups is 2. The van der Waals surface area contributed by atoms with E-state index in [1.54, 1.807) is 26.0 Å². The van der Waals surface area contributed by atoms with Gasteiger partial charge in [0.15, 0.2) is 0 Å². The minimum Gasteiger partial charge on any atom is -0.508 e. The van der Waals surface area contributed by atoms with E-state index in [4.69, 9.17) is 5.73 Å². The number of carboxylic acid groups (broad SMARTS) is 2. The molecule has 0 bridgehead atoms. The molecule has 0 saturated carbocycles. The number of nitrogens with one attached hydrogen (secondary N) is 3. The molecule has 0 radical (unpaired) electrons. The average Bonchev–Trinajstić information content (AvgIpc) is 2.88. The third-order valence-corrected chi connectivity index (χ3v) is 5.98. The van der Waals surface area contributed by atoms with Crippen molar-refractivity contribution in [1.29, 1.82) is 0 Å². The van der Waals surface area contributed by atoms with Crippen molar-refractivity contribution in [3.8, 4) is 11.5 Å². The summed E-state index contributed by atoms with van der Waals surface area (Å²) < 4.78 is 0. The van der Waals surface area contributed by atoms with Crippen LogP contribution in [0.3, 0.4) is 0 Å². The highest BCUT2D eigenvalue weighted by atomic mass is 16.4. The van der Waals surface area contributed by atoms with Crippen molar-refractivity contribution in [1.82, 2.24) is 16.0 Å². The maximum Gasteiger partial charge on any atom is 0.326 e. The second-order valence-corrected chi connectivity index (χ2v) is 9.64. The van der Waals surface area contributed by atoms with Crippen molar-refractivity contribution in [2.24, 2.45) is 11.7 Å². The zero-order chi connectivity index (χ0) is 30.0. The summed E-state index contributed by atoms with van der Waals surface area (Å²) in [7, 11) is 0. The number of benzene rings is 2. The first-order valence-electron chi connectivity index (χ1n) is 12.4. The van der Waals surface area contributed by atoms with Gasteiger partial charge in [-0.15, -0.1) is 0 Å². The molecule has 0 heterocycles. The van der Waals surface area contributed by atoms with E-state index in [9.17, 15) is 44.4 Å². The topological polar surface area (TPSA) is 228 Å². The highest BCUT2D eigenvalue weighted by Gasteiger charge is 2.33. The largest absolute Gasteiger partial charge is 0.508 e. The number of aliphatic carboxylic acids is 2.